The van der Waals surface area contributed by atoms with E-state index in [1.807, 2.05) is 24.3 Å². The van der Waals surface area contributed by atoms with Crippen LogP contribution in [0.3, 0.4) is 0 Å². The van der Waals surface area contributed by atoms with Crippen LogP contribution in [0.5, 0.6) is 5.75 Å². The van der Waals surface area contributed by atoms with Crippen LogP contribution in [0.25, 0.3) is 0 Å². The molecule has 0 aliphatic carbocycles. The van der Waals surface area contributed by atoms with Crippen LogP contribution in [0.15, 0.2) is 24.3 Å². The Balaban J connectivity index is 0.00000162. The van der Waals surface area contributed by atoms with Crippen molar-refractivity contribution >= 4 is 18.3 Å². The largest absolute Gasteiger partial charge is 0.497 e. The van der Waals surface area contributed by atoms with Crippen molar-refractivity contribution in [1.82, 2.24) is 10.6 Å². The Kier molecular flexibility index (Phi) is 5.95. The van der Waals surface area contributed by atoms with E-state index >= 15 is 0 Å². The summed E-state index contributed by atoms with van der Waals surface area (Å²) in [5, 5.41) is 6.04. The second-order valence-corrected chi connectivity index (χ2v) is 4.25. The maximum Gasteiger partial charge on any atom is 0.225 e. The van der Waals surface area contributed by atoms with Gasteiger partial charge >= 0.3 is 0 Å². The van der Waals surface area contributed by atoms with Crippen molar-refractivity contribution in [2.45, 2.75) is 6.42 Å². The topological polar surface area (TPSA) is 50.4 Å². The molecule has 1 amide bonds. The fourth-order valence-corrected chi connectivity index (χ4v) is 1.78. The lowest BCUT2D eigenvalue weighted by molar-refractivity contribution is -0.126. The van der Waals surface area contributed by atoms with Crippen molar-refractivity contribution in [2.24, 2.45) is 5.92 Å². The van der Waals surface area contributed by atoms with Crippen LogP contribution in [0, 0.1) is 5.92 Å². The number of hydrogen-bond donors (Lipinski definition) is 2. The van der Waals surface area contributed by atoms with E-state index in [9.17, 15) is 4.79 Å². The normalized spacial score (nSPS) is 14.3. The van der Waals surface area contributed by atoms with Gasteiger partial charge in [-0.3, -0.25) is 4.79 Å². The highest BCUT2D eigenvalue weighted by atomic mass is 35.5. The molecule has 1 aromatic carbocycles. The van der Waals surface area contributed by atoms with Crippen molar-refractivity contribution in [3.05, 3.63) is 29.8 Å². The van der Waals surface area contributed by atoms with Crippen molar-refractivity contribution < 1.29 is 9.53 Å². The minimum Gasteiger partial charge on any atom is -0.497 e. The molecule has 0 unspecified atom stereocenters. The van der Waals surface area contributed by atoms with E-state index in [1.54, 1.807) is 7.11 Å². The second kappa shape index (κ2) is 7.24. The number of ether oxygens (including phenoxy) is 1. The van der Waals surface area contributed by atoms with E-state index in [0.29, 0.717) is 6.54 Å². The van der Waals surface area contributed by atoms with Gasteiger partial charge in [0.2, 0.25) is 5.91 Å². The van der Waals surface area contributed by atoms with Crippen molar-refractivity contribution in [2.75, 3.05) is 26.7 Å². The molecule has 1 fully saturated rings. The molecular formula is C13H19ClN2O2. The molecule has 0 spiro atoms. The molecule has 2 rings (SSSR count). The van der Waals surface area contributed by atoms with Gasteiger partial charge in [-0.15, -0.1) is 12.4 Å². The summed E-state index contributed by atoms with van der Waals surface area (Å²) in [6, 6.07) is 7.92. The average molecular weight is 271 g/mol. The van der Waals surface area contributed by atoms with Crippen molar-refractivity contribution in [3.8, 4) is 5.75 Å². The highest BCUT2D eigenvalue weighted by Crippen LogP contribution is 2.12. The van der Waals surface area contributed by atoms with Gasteiger partial charge in [0.25, 0.3) is 0 Å². The number of methoxy groups -OCH3 is 1. The predicted octanol–water partition coefficient (Wildman–Crippen LogP) is 0.995. The molecule has 1 aromatic rings. The fraction of sp³-hybridized carbons (Fsp3) is 0.462. The summed E-state index contributed by atoms with van der Waals surface area (Å²) in [6.07, 6.45) is 0.836. The van der Waals surface area contributed by atoms with Crippen LogP contribution < -0.4 is 15.4 Å². The fourth-order valence-electron chi connectivity index (χ4n) is 1.78. The van der Waals surface area contributed by atoms with Crippen LogP contribution in [-0.4, -0.2) is 32.7 Å². The molecule has 1 aliphatic rings. The van der Waals surface area contributed by atoms with Crippen LogP contribution in [0.4, 0.5) is 0 Å². The SMILES string of the molecule is COc1cccc(CCNC(=O)C2CNC2)c1.Cl. The molecular weight excluding hydrogens is 252 g/mol. The zero-order chi connectivity index (χ0) is 12.1. The number of carbonyl (C=O) groups is 1. The Morgan fingerprint density at radius 2 is 2.28 bits per heavy atom. The van der Waals surface area contributed by atoms with Gasteiger partial charge in [0.1, 0.15) is 5.75 Å². The number of carbonyl (C=O) groups excluding carboxylic acids is 1. The Labute approximate surface area is 114 Å². The number of benzene rings is 1. The summed E-state index contributed by atoms with van der Waals surface area (Å²) in [5.74, 6) is 1.18. The quantitative estimate of drug-likeness (QED) is 0.839. The first-order valence-electron chi connectivity index (χ1n) is 5.91. The number of amides is 1. The molecule has 100 valence electrons. The summed E-state index contributed by atoms with van der Waals surface area (Å²) >= 11 is 0. The van der Waals surface area contributed by atoms with Gasteiger partial charge in [-0.25, -0.2) is 0 Å². The second-order valence-electron chi connectivity index (χ2n) is 4.25. The maximum atomic E-state index is 11.6. The van der Waals surface area contributed by atoms with Gasteiger partial charge in [0, 0.05) is 19.6 Å². The third kappa shape index (κ3) is 3.89. The molecule has 4 nitrogen and oxygen atoms in total. The lowest BCUT2D eigenvalue weighted by Gasteiger charge is -2.25. The molecule has 5 heteroatoms. The monoisotopic (exact) mass is 270 g/mol. The van der Waals surface area contributed by atoms with Gasteiger partial charge in [-0.1, -0.05) is 12.1 Å². The Morgan fingerprint density at radius 1 is 1.50 bits per heavy atom. The van der Waals surface area contributed by atoms with Crippen LogP contribution in [0.2, 0.25) is 0 Å². The summed E-state index contributed by atoms with van der Waals surface area (Å²) in [5.41, 5.74) is 1.18. The van der Waals surface area contributed by atoms with Crippen molar-refractivity contribution in [1.29, 1.82) is 0 Å². The number of halogens is 1. The van der Waals surface area contributed by atoms with Gasteiger partial charge in [0.05, 0.1) is 13.0 Å². The van der Waals surface area contributed by atoms with E-state index in [1.165, 1.54) is 5.56 Å². The Morgan fingerprint density at radius 3 is 2.89 bits per heavy atom. The Bertz CT molecular complexity index is 394. The summed E-state index contributed by atoms with van der Waals surface area (Å²) in [7, 11) is 1.66. The zero-order valence-corrected chi connectivity index (χ0v) is 11.3. The first-order chi connectivity index (χ1) is 8.29. The van der Waals surface area contributed by atoms with E-state index < -0.39 is 0 Å². The van der Waals surface area contributed by atoms with E-state index in [2.05, 4.69) is 10.6 Å². The lowest BCUT2D eigenvalue weighted by Crippen LogP contribution is -2.51. The zero-order valence-electron chi connectivity index (χ0n) is 10.4. The van der Waals surface area contributed by atoms with Gasteiger partial charge in [-0.2, -0.15) is 0 Å². The highest BCUT2D eigenvalue weighted by Gasteiger charge is 2.23. The minimum atomic E-state index is 0. The molecule has 18 heavy (non-hydrogen) atoms. The number of rotatable bonds is 5. The molecule has 0 atom stereocenters. The summed E-state index contributed by atoms with van der Waals surface area (Å²) in [4.78, 5) is 11.6. The number of hydrogen-bond acceptors (Lipinski definition) is 3. The Hall–Kier alpha value is -1.26. The number of nitrogens with one attached hydrogen (secondary N) is 2. The first-order valence-corrected chi connectivity index (χ1v) is 5.91. The summed E-state index contributed by atoms with van der Waals surface area (Å²) < 4.78 is 5.15. The van der Waals surface area contributed by atoms with Crippen molar-refractivity contribution in [3.63, 3.8) is 0 Å². The highest BCUT2D eigenvalue weighted by molar-refractivity contribution is 5.85. The molecule has 1 heterocycles. The molecule has 0 aromatic heterocycles. The van der Waals surface area contributed by atoms with E-state index in [-0.39, 0.29) is 24.2 Å². The van der Waals surface area contributed by atoms with Gasteiger partial charge in [-0.05, 0) is 24.1 Å². The van der Waals surface area contributed by atoms with Crippen LogP contribution in [-0.2, 0) is 11.2 Å². The summed E-state index contributed by atoms with van der Waals surface area (Å²) in [6.45, 7) is 2.30. The molecule has 0 bridgehead atoms. The molecule has 0 radical (unpaired) electrons. The van der Waals surface area contributed by atoms with Gasteiger partial charge in [0.15, 0.2) is 0 Å². The van der Waals surface area contributed by atoms with E-state index in [4.69, 9.17) is 4.74 Å². The van der Waals surface area contributed by atoms with Gasteiger partial charge < -0.3 is 15.4 Å². The first kappa shape index (κ1) is 14.8. The lowest BCUT2D eigenvalue weighted by atomic mass is 10.0. The third-order valence-electron chi connectivity index (χ3n) is 3.00. The molecule has 2 N–H and O–H groups in total. The standard InChI is InChI=1S/C13H18N2O2.ClH/c1-17-12-4-2-3-10(7-12)5-6-15-13(16)11-8-14-9-11;/h2-4,7,11,14H,5-6,8-9H2,1H3,(H,15,16);1H. The maximum absolute atomic E-state index is 11.6. The van der Waals surface area contributed by atoms with Crippen LogP contribution in [0.1, 0.15) is 5.56 Å². The molecule has 1 saturated heterocycles. The molecule has 1 aliphatic heterocycles. The molecule has 0 saturated carbocycles. The minimum absolute atomic E-state index is 0. The third-order valence-corrected chi connectivity index (χ3v) is 3.00. The predicted molar refractivity (Wildman–Crippen MR) is 73.3 cm³/mol. The smallest absolute Gasteiger partial charge is 0.225 e. The average Bonchev–Trinajstić information content (AvgIpc) is 2.27. The van der Waals surface area contributed by atoms with E-state index in [0.717, 1.165) is 25.3 Å². The van der Waals surface area contributed by atoms with Crippen LogP contribution >= 0.6 is 12.4 Å².